The second kappa shape index (κ2) is 11.1. The van der Waals surface area contributed by atoms with Crippen LogP contribution in [-0.2, 0) is 14.8 Å². The van der Waals surface area contributed by atoms with Crippen LogP contribution in [0.25, 0.3) is 0 Å². The number of nitrogens with one attached hydrogen (secondary N) is 3. The van der Waals surface area contributed by atoms with Crippen molar-refractivity contribution in [2.75, 3.05) is 10.6 Å². The Morgan fingerprint density at radius 1 is 1.31 bits per heavy atom. The van der Waals surface area contributed by atoms with Gasteiger partial charge in [-0.15, -0.1) is 11.6 Å². The lowest BCUT2D eigenvalue weighted by atomic mass is 10.0. The van der Waals surface area contributed by atoms with E-state index in [4.69, 9.17) is 16.9 Å². The molecule has 182 valence electrons. The second-order valence-corrected chi connectivity index (χ2v) is 9.55. The normalized spacial score (nSPS) is 16.4. The van der Waals surface area contributed by atoms with Crippen molar-refractivity contribution in [2.45, 2.75) is 37.0 Å². The number of anilines is 3. The first-order chi connectivity index (χ1) is 16.6. The first kappa shape index (κ1) is 25.9. The minimum Gasteiger partial charge on any atom is -0.338 e. The molecule has 35 heavy (non-hydrogen) atoms. The summed E-state index contributed by atoms with van der Waals surface area (Å²) < 4.78 is 41.5. The number of hydrogen-bond donors (Lipinski definition) is 3. The van der Waals surface area contributed by atoms with Crippen LogP contribution in [0.5, 0.6) is 0 Å². The van der Waals surface area contributed by atoms with E-state index in [1.807, 2.05) is 10.8 Å². The highest BCUT2D eigenvalue weighted by atomic mass is 35.5. The summed E-state index contributed by atoms with van der Waals surface area (Å²) in [6, 6.07) is 6.52. The topological polar surface area (TPSA) is 137 Å². The van der Waals surface area contributed by atoms with Crippen molar-refractivity contribution >= 4 is 45.0 Å². The van der Waals surface area contributed by atoms with Crippen molar-refractivity contribution < 1.29 is 17.6 Å². The van der Waals surface area contributed by atoms with Gasteiger partial charge in [-0.3, -0.25) is 4.79 Å². The number of allylic oxidation sites excluding steroid dienone is 5. The maximum Gasteiger partial charge on any atom is 0.264 e. The zero-order valence-electron chi connectivity index (χ0n) is 18.8. The number of nitrogens with zero attached hydrogens (tertiary/aromatic N) is 3. The van der Waals surface area contributed by atoms with Gasteiger partial charge in [-0.2, -0.15) is 10.2 Å². The lowest BCUT2D eigenvalue weighted by Crippen LogP contribution is -2.30. The van der Waals surface area contributed by atoms with Crippen molar-refractivity contribution in [1.29, 1.82) is 5.26 Å². The lowest BCUT2D eigenvalue weighted by Gasteiger charge is -2.16. The van der Waals surface area contributed by atoms with Crippen molar-refractivity contribution in [3.05, 3.63) is 71.4 Å². The van der Waals surface area contributed by atoms with E-state index in [2.05, 4.69) is 20.6 Å². The molecule has 12 heteroatoms. The largest absolute Gasteiger partial charge is 0.338 e. The zero-order valence-corrected chi connectivity index (χ0v) is 20.4. The standard InChI is InChI=1S/C23H22ClFN6O3S/c1-3-21(32)31-35(33,34)20-12-17(8-6-14(20)2)29-23-27-13-19(25)22(30-23)28-16-9-7-15(5-4-10-26)18(24)11-16/h5-9,11-13,18H,3-4H2,1-2H3,(H,31,32)(H2,27,28,29,30). The number of hydrogen-bond acceptors (Lipinski definition) is 8. The van der Waals surface area contributed by atoms with E-state index < -0.39 is 27.1 Å². The first-order valence-electron chi connectivity index (χ1n) is 10.5. The summed E-state index contributed by atoms with van der Waals surface area (Å²) in [6.45, 7) is 3.14. The predicted octanol–water partition coefficient (Wildman–Crippen LogP) is 4.20. The predicted molar refractivity (Wildman–Crippen MR) is 131 cm³/mol. The fourth-order valence-electron chi connectivity index (χ4n) is 3.04. The van der Waals surface area contributed by atoms with Gasteiger partial charge in [0.05, 0.1) is 29.0 Å². The van der Waals surface area contributed by atoms with Gasteiger partial charge in [0, 0.05) is 17.8 Å². The number of alkyl halides is 1. The quantitative estimate of drug-likeness (QED) is 0.444. The summed E-state index contributed by atoms with van der Waals surface area (Å²) in [5.74, 6) is -1.45. The van der Waals surface area contributed by atoms with Crippen LogP contribution in [-0.4, -0.2) is 29.7 Å². The van der Waals surface area contributed by atoms with Gasteiger partial charge in [0.25, 0.3) is 10.0 Å². The smallest absolute Gasteiger partial charge is 0.264 e. The van der Waals surface area contributed by atoms with Gasteiger partial charge in [0.2, 0.25) is 11.9 Å². The molecular formula is C23H22ClFN6O3S. The van der Waals surface area contributed by atoms with Crippen LogP contribution in [0.1, 0.15) is 25.3 Å². The second-order valence-electron chi connectivity index (χ2n) is 7.43. The minimum atomic E-state index is -4.07. The molecule has 1 amide bonds. The molecule has 0 radical (unpaired) electrons. The van der Waals surface area contributed by atoms with Gasteiger partial charge in [0.1, 0.15) is 0 Å². The van der Waals surface area contributed by atoms with E-state index in [1.165, 1.54) is 6.07 Å². The molecule has 1 heterocycles. The minimum absolute atomic E-state index is 0.0103. The van der Waals surface area contributed by atoms with Gasteiger partial charge in [-0.05, 0) is 42.3 Å². The summed E-state index contributed by atoms with van der Waals surface area (Å²) in [5.41, 5.74) is 2.01. The summed E-state index contributed by atoms with van der Waals surface area (Å²) in [7, 11) is -4.07. The Labute approximate surface area is 207 Å². The Kier molecular flexibility index (Phi) is 8.22. The first-order valence-corrected chi connectivity index (χ1v) is 12.4. The summed E-state index contributed by atoms with van der Waals surface area (Å²) >= 11 is 6.30. The Morgan fingerprint density at radius 3 is 2.77 bits per heavy atom. The van der Waals surface area contributed by atoms with E-state index in [-0.39, 0.29) is 29.5 Å². The van der Waals surface area contributed by atoms with Crippen LogP contribution in [0, 0.1) is 24.1 Å². The van der Waals surface area contributed by atoms with Gasteiger partial charge >= 0.3 is 0 Å². The molecule has 3 rings (SSSR count). The molecule has 0 aliphatic heterocycles. The van der Waals surface area contributed by atoms with Crippen LogP contribution in [0.15, 0.2) is 64.9 Å². The zero-order chi connectivity index (χ0) is 25.6. The SMILES string of the molecule is CCC(=O)NS(=O)(=O)c1cc(Nc2ncc(F)c(NC3=CC(Cl)C(=CCC#N)C=C3)n2)ccc1C. The number of sulfonamides is 1. The van der Waals surface area contributed by atoms with E-state index in [9.17, 15) is 17.6 Å². The molecule has 1 aliphatic carbocycles. The van der Waals surface area contributed by atoms with Crippen molar-refractivity contribution in [3.8, 4) is 6.07 Å². The molecule has 1 unspecified atom stereocenters. The van der Waals surface area contributed by atoms with Crippen LogP contribution < -0.4 is 15.4 Å². The number of rotatable bonds is 8. The summed E-state index contributed by atoms with van der Waals surface area (Å²) in [4.78, 5) is 19.5. The molecular weight excluding hydrogens is 495 g/mol. The number of carbonyl (C=O) groups is 1. The molecule has 3 N–H and O–H groups in total. The van der Waals surface area contributed by atoms with Gasteiger partial charge in [-0.25, -0.2) is 22.5 Å². The molecule has 9 nitrogen and oxygen atoms in total. The molecule has 1 aromatic heterocycles. The summed E-state index contributed by atoms with van der Waals surface area (Å²) in [5, 5.41) is 13.9. The fourth-order valence-corrected chi connectivity index (χ4v) is 4.67. The molecule has 1 aliphatic rings. The third-order valence-electron chi connectivity index (χ3n) is 4.84. The van der Waals surface area contributed by atoms with E-state index in [0.29, 0.717) is 16.9 Å². The van der Waals surface area contributed by atoms with E-state index in [1.54, 1.807) is 50.3 Å². The molecule has 0 spiro atoms. The van der Waals surface area contributed by atoms with Crippen LogP contribution in [0.4, 0.5) is 21.8 Å². The molecule has 2 aromatic rings. The van der Waals surface area contributed by atoms with Crippen molar-refractivity contribution in [1.82, 2.24) is 14.7 Å². The number of nitriles is 1. The van der Waals surface area contributed by atoms with Crippen LogP contribution in [0.2, 0.25) is 0 Å². The van der Waals surface area contributed by atoms with Crippen molar-refractivity contribution in [3.63, 3.8) is 0 Å². The number of benzene rings is 1. The lowest BCUT2D eigenvalue weighted by molar-refractivity contribution is -0.119. The van der Waals surface area contributed by atoms with Crippen LogP contribution in [0.3, 0.4) is 0 Å². The monoisotopic (exact) mass is 516 g/mol. The van der Waals surface area contributed by atoms with Gasteiger partial charge in [0.15, 0.2) is 11.6 Å². The Balaban J connectivity index is 1.81. The highest BCUT2D eigenvalue weighted by Gasteiger charge is 2.20. The van der Waals surface area contributed by atoms with Crippen molar-refractivity contribution in [2.24, 2.45) is 0 Å². The van der Waals surface area contributed by atoms with E-state index >= 15 is 0 Å². The Bertz CT molecular complexity index is 1380. The number of aromatic nitrogens is 2. The maximum atomic E-state index is 14.4. The Morgan fingerprint density at radius 2 is 2.09 bits per heavy atom. The third-order valence-corrected chi connectivity index (χ3v) is 6.73. The molecule has 1 atom stereocenters. The number of carbonyl (C=O) groups excluding carboxylic acids is 1. The molecule has 0 bridgehead atoms. The fraction of sp³-hybridized carbons (Fsp3) is 0.217. The Hall–Kier alpha value is -3.75. The third kappa shape index (κ3) is 6.65. The van der Waals surface area contributed by atoms with Gasteiger partial charge < -0.3 is 10.6 Å². The number of amides is 1. The molecule has 0 fully saturated rings. The number of halogens is 2. The number of aryl methyl sites for hydroxylation is 1. The van der Waals surface area contributed by atoms with Crippen LogP contribution >= 0.6 is 11.6 Å². The average Bonchev–Trinajstić information content (AvgIpc) is 2.81. The molecule has 1 aromatic carbocycles. The maximum absolute atomic E-state index is 14.4. The van der Waals surface area contributed by atoms with Gasteiger partial charge in [-0.1, -0.05) is 25.1 Å². The molecule has 0 saturated heterocycles. The highest BCUT2D eigenvalue weighted by molar-refractivity contribution is 7.90. The van der Waals surface area contributed by atoms with E-state index in [0.717, 1.165) is 11.8 Å². The molecule has 0 saturated carbocycles. The highest BCUT2D eigenvalue weighted by Crippen LogP contribution is 2.25. The average molecular weight is 517 g/mol. The summed E-state index contributed by atoms with van der Waals surface area (Å²) in [6.07, 6.45) is 7.97.